The van der Waals surface area contributed by atoms with Gasteiger partial charge in [-0.15, -0.1) is 0 Å². The lowest BCUT2D eigenvalue weighted by atomic mass is 9.87. The van der Waals surface area contributed by atoms with E-state index in [9.17, 15) is 4.79 Å². The Kier molecular flexibility index (Phi) is 5.79. The van der Waals surface area contributed by atoms with Gasteiger partial charge in [-0.05, 0) is 54.7 Å². The van der Waals surface area contributed by atoms with Crippen molar-refractivity contribution in [2.24, 2.45) is 5.10 Å². The molecule has 0 aliphatic heterocycles. The van der Waals surface area contributed by atoms with E-state index in [0.717, 1.165) is 33.2 Å². The predicted molar refractivity (Wildman–Crippen MR) is 120 cm³/mol. The molecule has 28 heavy (non-hydrogen) atoms. The first-order valence-corrected chi connectivity index (χ1v) is 10.2. The third-order valence-corrected chi connectivity index (χ3v) is 5.44. The van der Waals surface area contributed by atoms with Gasteiger partial charge in [0.15, 0.2) is 0 Å². The average Bonchev–Trinajstić information content (AvgIpc) is 3.07. The summed E-state index contributed by atoms with van der Waals surface area (Å²) in [4.78, 5) is 17.1. The number of carbonyl (C=O) groups is 1. The van der Waals surface area contributed by atoms with Crippen molar-refractivity contribution in [2.45, 2.75) is 46.5 Å². The smallest absolute Gasteiger partial charge is 0.255 e. The van der Waals surface area contributed by atoms with Crippen LogP contribution in [0, 0.1) is 0 Å². The number of thiazole rings is 1. The standard InChI is InChI=1S/C22H26N4OS/c1-6-14(2)25-26-21-24-18-12-11-17(13-19(18)28-21)23-20(27)15-7-9-16(10-8-15)22(3,4)5/h7-13H,6H2,1-5H3,(H,23,27)(H,24,26)/b25-14+. The maximum absolute atomic E-state index is 12.6. The summed E-state index contributed by atoms with van der Waals surface area (Å²) in [6.45, 7) is 10.5. The molecule has 0 radical (unpaired) electrons. The summed E-state index contributed by atoms with van der Waals surface area (Å²) in [5, 5.41) is 8.00. The molecule has 2 aromatic carbocycles. The highest BCUT2D eigenvalue weighted by atomic mass is 32.1. The van der Waals surface area contributed by atoms with Crippen LogP contribution >= 0.6 is 11.3 Å². The average molecular weight is 395 g/mol. The molecule has 0 aliphatic rings. The van der Waals surface area contributed by atoms with Gasteiger partial charge >= 0.3 is 0 Å². The van der Waals surface area contributed by atoms with Crippen molar-refractivity contribution in [2.75, 3.05) is 10.7 Å². The number of anilines is 2. The van der Waals surface area contributed by atoms with E-state index in [1.807, 2.05) is 49.4 Å². The molecule has 5 nitrogen and oxygen atoms in total. The molecule has 0 aliphatic carbocycles. The SMILES string of the molecule is CC/C(C)=N/Nc1nc2ccc(NC(=O)c3ccc(C(C)(C)C)cc3)cc2s1. The predicted octanol–water partition coefficient (Wildman–Crippen LogP) is 6.04. The molecule has 0 saturated carbocycles. The summed E-state index contributed by atoms with van der Waals surface area (Å²) in [6.07, 6.45) is 0.894. The Labute approximate surface area is 169 Å². The van der Waals surface area contributed by atoms with E-state index in [1.165, 1.54) is 16.9 Å². The van der Waals surface area contributed by atoms with E-state index < -0.39 is 0 Å². The molecule has 1 amide bonds. The highest BCUT2D eigenvalue weighted by molar-refractivity contribution is 7.22. The molecule has 0 unspecified atom stereocenters. The lowest BCUT2D eigenvalue weighted by molar-refractivity contribution is 0.102. The second-order valence-electron chi connectivity index (χ2n) is 7.80. The fraction of sp³-hybridized carbons (Fsp3) is 0.318. The number of hydrazone groups is 1. The topological polar surface area (TPSA) is 66.4 Å². The number of aromatic nitrogens is 1. The zero-order valence-electron chi connectivity index (χ0n) is 17.0. The van der Waals surface area contributed by atoms with E-state index >= 15 is 0 Å². The summed E-state index contributed by atoms with van der Waals surface area (Å²) in [7, 11) is 0. The van der Waals surface area contributed by atoms with Gasteiger partial charge in [0.1, 0.15) is 0 Å². The van der Waals surface area contributed by atoms with E-state index in [1.54, 1.807) is 0 Å². The number of carbonyl (C=O) groups excluding carboxylic acids is 1. The van der Waals surface area contributed by atoms with Gasteiger partial charge in [0.25, 0.3) is 5.91 Å². The first-order valence-electron chi connectivity index (χ1n) is 9.38. The molecular formula is C22H26N4OS. The van der Waals surface area contributed by atoms with Gasteiger partial charge in [0.2, 0.25) is 5.13 Å². The van der Waals surface area contributed by atoms with Gasteiger partial charge in [-0.3, -0.25) is 10.2 Å². The molecule has 1 aromatic heterocycles. The Balaban J connectivity index is 1.74. The maximum atomic E-state index is 12.6. The Bertz CT molecular complexity index is 1010. The summed E-state index contributed by atoms with van der Waals surface area (Å²) in [6, 6.07) is 13.5. The van der Waals surface area contributed by atoms with Crippen molar-refractivity contribution < 1.29 is 4.79 Å². The van der Waals surface area contributed by atoms with E-state index in [4.69, 9.17) is 0 Å². The molecule has 2 N–H and O–H groups in total. The number of hydrogen-bond acceptors (Lipinski definition) is 5. The summed E-state index contributed by atoms with van der Waals surface area (Å²) in [5.41, 5.74) is 7.56. The molecule has 0 saturated heterocycles. The number of hydrogen-bond donors (Lipinski definition) is 2. The number of amides is 1. The van der Waals surface area contributed by atoms with Crippen molar-refractivity contribution in [3.05, 3.63) is 53.6 Å². The fourth-order valence-corrected chi connectivity index (χ4v) is 3.45. The Morgan fingerprint density at radius 3 is 2.50 bits per heavy atom. The van der Waals surface area contributed by atoms with Crippen LogP contribution in [0.3, 0.4) is 0 Å². The minimum absolute atomic E-state index is 0.0671. The van der Waals surface area contributed by atoms with Crippen LogP contribution in [-0.2, 0) is 5.41 Å². The van der Waals surface area contributed by atoms with Gasteiger partial charge in [-0.2, -0.15) is 5.10 Å². The number of nitrogens with one attached hydrogen (secondary N) is 2. The summed E-state index contributed by atoms with van der Waals surface area (Å²) in [5.74, 6) is -0.120. The lowest BCUT2D eigenvalue weighted by Crippen LogP contribution is -2.14. The van der Waals surface area contributed by atoms with Crippen molar-refractivity contribution in [1.82, 2.24) is 4.98 Å². The molecule has 3 rings (SSSR count). The van der Waals surface area contributed by atoms with Gasteiger partial charge in [-0.25, -0.2) is 4.98 Å². The number of nitrogens with zero attached hydrogens (tertiary/aromatic N) is 2. The van der Waals surface area contributed by atoms with Crippen LogP contribution in [0.5, 0.6) is 0 Å². The maximum Gasteiger partial charge on any atom is 0.255 e. The van der Waals surface area contributed by atoms with Gasteiger partial charge in [0.05, 0.1) is 10.2 Å². The van der Waals surface area contributed by atoms with Crippen LogP contribution in [-0.4, -0.2) is 16.6 Å². The van der Waals surface area contributed by atoms with Crippen LogP contribution in [0.25, 0.3) is 10.2 Å². The quantitative estimate of drug-likeness (QED) is 0.409. The third-order valence-electron chi connectivity index (χ3n) is 4.51. The van der Waals surface area contributed by atoms with Crippen molar-refractivity contribution in [3.8, 4) is 0 Å². The lowest BCUT2D eigenvalue weighted by Gasteiger charge is -2.19. The molecule has 1 heterocycles. The first-order chi connectivity index (χ1) is 13.3. The molecule has 0 bridgehead atoms. The number of fused-ring (bicyclic) bond motifs is 1. The van der Waals surface area contributed by atoms with Crippen LogP contribution in [0.4, 0.5) is 10.8 Å². The van der Waals surface area contributed by atoms with Gasteiger partial charge in [-0.1, -0.05) is 51.2 Å². The molecule has 0 spiro atoms. The molecule has 6 heteroatoms. The van der Waals surface area contributed by atoms with E-state index in [0.29, 0.717) is 5.56 Å². The molecule has 0 atom stereocenters. The first kappa shape index (κ1) is 20.0. The van der Waals surface area contributed by atoms with Gasteiger partial charge in [0, 0.05) is 17.0 Å². The second kappa shape index (κ2) is 8.10. The van der Waals surface area contributed by atoms with Crippen LogP contribution in [0.1, 0.15) is 57.0 Å². The van der Waals surface area contributed by atoms with Crippen molar-refractivity contribution in [3.63, 3.8) is 0 Å². The Hall–Kier alpha value is -2.73. The fourth-order valence-electron chi connectivity index (χ4n) is 2.60. The normalized spacial score (nSPS) is 12.2. The molecule has 3 aromatic rings. The molecule has 0 fully saturated rings. The van der Waals surface area contributed by atoms with Crippen LogP contribution < -0.4 is 10.7 Å². The Morgan fingerprint density at radius 1 is 1.14 bits per heavy atom. The summed E-state index contributed by atoms with van der Waals surface area (Å²) >= 11 is 1.51. The van der Waals surface area contributed by atoms with Crippen molar-refractivity contribution >= 4 is 44.0 Å². The monoisotopic (exact) mass is 394 g/mol. The Morgan fingerprint density at radius 2 is 1.86 bits per heavy atom. The third kappa shape index (κ3) is 4.75. The minimum Gasteiger partial charge on any atom is -0.322 e. The highest BCUT2D eigenvalue weighted by Gasteiger charge is 2.14. The zero-order valence-corrected chi connectivity index (χ0v) is 17.8. The minimum atomic E-state index is -0.120. The summed E-state index contributed by atoms with van der Waals surface area (Å²) < 4.78 is 0.993. The van der Waals surface area contributed by atoms with Crippen LogP contribution in [0.2, 0.25) is 0 Å². The van der Waals surface area contributed by atoms with Gasteiger partial charge < -0.3 is 5.32 Å². The number of rotatable bonds is 5. The number of benzene rings is 2. The van der Waals surface area contributed by atoms with E-state index in [2.05, 4.69) is 48.5 Å². The van der Waals surface area contributed by atoms with Crippen molar-refractivity contribution in [1.29, 1.82) is 0 Å². The molecule has 146 valence electrons. The zero-order chi connectivity index (χ0) is 20.3. The van der Waals surface area contributed by atoms with E-state index in [-0.39, 0.29) is 11.3 Å². The second-order valence-corrected chi connectivity index (χ2v) is 8.83. The highest BCUT2D eigenvalue weighted by Crippen LogP contribution is 2.29. The molecular weight excluding hydrogens is 368 g/mol. The van der Waals surface area contributed by atoms with Crippen LogP contribution in [0.15, 0.2) is 47.6 Å². The largest absolute Gasteiger partial charge is 0.322 e.